The second kappa shape index (κ2) is 16.5. The van der Waals surface area contributed by atoms with Crippen LogP contribution in [0.1, 0.15) is 39.2 Å². The van der Waals surface area contributed by atoms with Gasteiger partial charge in [0.15, 0.2) is 0 Å². The van der Waals surface area contributed by atoms with E-state index >= 15 is 0 Å². The molecule has 0 radical (unpaired) electrons. The van der Waals surface area contributed by atoms with Gasteiger partial charge in [0.2, 0.25) is 5.91 Å². The average Bonchev–Trinajstić information content (AvgIpc) is 2.88. The Hall–Kier alpha value is -3.76. The van der Waals surface area contributed by atoms with Crippen molar-refractivity contribution in [1.82, 2.24) is 10.6 Å². The minimum atomic E-state index is -5.22. The molecule has 4 atom stereocenters. The van der Waals surface area contributed by atoms with Crippen LogP contribution in [0.3, 0.4) is 0 Å². The van der Waals surface area contributed by atoms with Gasteiger partial charge in [-0.1, -0.05) is 30.3 Å². The number of esters is 3. The van der Waals surface area contributed by atoms with Crippen LogP contribution in [-0.4, -0.2) is 85.5 Å². The molecule has 0 heterocycles. The van der Waals surface area contributed by atoms with Gasteiger partial charge in [-0.15, -0.1) is 0 Å². The Morgan fingerprint density at radius 3 is 2.17 bits per heavy atom. The second-order valence-corrected chi connectivity index (χ2v) is 8.72. The maximum atomic E-state index is 13.0. The third kappa shape index (κ3) is 13.9. The highest BCUT2D eigenvalue weighted by Crippen LogP contribution is 2.23. The number of amides is 2. The SMILES string of the molecule is CO[C@H](CC(O)(OC(C)CC(COC(C)=O)OC(C)=O)C(=O)OCc1ccccc1)NC(=O)CNC(=O)C(F)(F)F. The van der Waals surface area contributed by atoms with Crippen molar-refractivity contribution in [1.29, 1.82) is 0 Å². The van der Waals surface area contributed by atoms with Gasteiger partial charge >= 0.3 is 30.0 Å². The molecule has 0 saturated carbocycles. The summed E-state index contributed by atoms with van der Waals surface area (Å²) < 4.78 is 62.9. The number of halogens is 3. The first-order chi connectivity index (χ1) is 19.1. The molecule has 0 bridgehead atoms. The Balaban J connectivity index is 3.05. The molecule has 1 rings (SSSR count). The van der Waals surface area contributed by atoms with E-state index in [0.717, 1.165) is 21.0 Å². The van der Waals surface area contributed by atoms with E-state index in [1.54, 1.807) is 30.3 Å². The van der Waals surface area contributed by atoms with Crippen molar-refractivity contribution in [3.8, 4) is 0 Å². The van der Waals surface area contributed by atoms with Crippen LogP contribution in [0.2, 0.25) is 0 Å². The average molecular weight is 595 g/mol. The van der Waals surface area contributed by atoms with Crippen molar-refractivity contribution < 1.29 is 65.9 Å². The Morgan fingerprint density at radius 2 is 1.63 bits per heavy atom. The Morgan fingerprint density at radius 1 is 1.00 bits per heavy atom. The number of nitrogens with one attached hydrogen (secondary N) is 2. The Labute approximate surface area is 233 Å². The van der Waals surface area contributed by atoms with Crippen molar-refractivity contribution in [3.63, 3.8) is 0 Å². The molecule has 0 aliphatic carbocycles. The molecule has 1 aromatic rings. The standard InChI is InChI=1S/C25H33F3N2O11/c1-15(10-19(40-17(3)32)14-38-16(2)31)41-24(36,23(35)39-13-18-8-6-5-7-9-18)11-21(37-4)30-20(33)12-29-22(34)25(26,27)28/h5-9,15,19,21,36H,10-14H2,1-4H3,(H,29,34)(H,30,33)/t15?,19?,21-,24?/m1/s1. The summed E-state index contributed by atoms with van der Waals surface area (Å²) in [6.45, 7) is 1.93. The normalized spacial score (nSPS) is 14.9. The first kappa shape index (κ1) is 35.3. The van der Waals surface area contributed by atoms with E-state index in [0.29, 0.717) is 5.56 Å². The van der Waals surface area contributed by atoms with Crippen LogP contribution in [-0.2, 0) is 54.3 Å². The summed E-state index contributed by atoms with van der Waals surface area (Å²) in [4.78, 5) is 58.7. The molecule has 230 valence electrons. The van der Waals surface area contributed by atoms with Crippen LogP contribution < -0.4 is 10.6 Å². The van der Waals surface area contributed by atoms with Crippen LogP contribution in [0.4, 0.5) is 13.2 Å². The Kier molecular flexibility index (Phi) is 14.2. The zero-order chi connectivity index (χ0) is 31.2. The minimum Gasteiger partial charge on any atom is -0.462 e. The van der Waals surface area contributed by atoms with E-state index in [1.165, 1.54) is 12.2 Å². The number of aliphatic hydroxyl groups is 1. The van der Waals surface area contributed by atoms with Crippen LogP contribution in [0.15, 0.2) is 30.3 Å². The van der Waals surface area contributed by atoms with Gasteiger partial charge in [-0.3, -0.25) is 19.2 Å². The summed E-state index contributed by atoms with van der Waals surface area (Å²) in [6.07, 6.45) is -9.81. The van der Waals surface area contributed by atoms with Gasteiger partial charge in [0.1, 0.15) is 25.5 Å². The van der Waals surface area contributed by atoms with Crippen molar-refractivity contribution >= 4 is 29.7 Å². The minimum absolute atomic E-state index is 0.172. The number of methoxy groups -OCH3 is 1. The molecule has 3 N–H and O–H groups in total. The Bertz CT molecular complexity index is 1040. The smallest absolute Gasteiger partial charge is 0.462 e. The van der Waals surface area contributed by atoms with Crippen LogP contribution in [0, 0.1) is 0 Å². The van der Waals surface area contributed by atoms with E-state index in [2.05, 4.69) is 5.32 Å². The number of carbonyl (C=O) groups is 5. The molecule has 13 nitrogen and oxygen atoms in total. The molecule has 3 unspecified atom stereocenters. The molecule has 0 fully saturated rings. The lowest BCUT2D eigenvalue weighted by Gasteiger charge is -2.33. The van der Waals surface area contributed by atoms with E-state index in [9.17, 15) is 42.3 Å². The summed E-state index contributed by atoms with van der Waals surface area (Å²) in [5, 5.41) is 14.7. The van der Waals surface area contributed by atoms with E-state index in [4.69, 9.17) is 23.7 Å². The zero-order valence-electron chi connectivity index (χ0n) is 22.8. The predicted molar refractivity (Wildman–Crippen MR) is 131 cm³/mol. The van der Waals surface area contributed by atoms with Gasteiger partial charge in [-0.25, -0.2) is 4.79 Å². The first-order valence-corrected chi connectivity index (χ1v) is 12.1. The van der Waals surface area contributed by atoms with Gasteiger partial charge in [0.05, 0.1) is 19.1 Å². The monoisotopic (exact) mass is 594 g/mol. The largest absolute Gasteiger partial charge is 0.471 e. The van der Waals surface area contributed by atoms with Gasteiger partial charge in [0, 0.05) is 27.4 Å². The van der Waals surface area contributed by atoms with E-state index in [1.807, 2.05) is 0 Å². The highest BCUT2D eigenvalue weighted by atomic mass is 19.4. The number of benzene rings is 1. The van der Waals surface area contributed by atoms with Crippen LogP contribution in [0.5, 0.6) is 0 Å². The molecule has 0 aliphatic heterocycles. The lowest BCUT2D eigenvalue weighted by Crippen LogP contribution is -2.53. The predicted octanol–water partition coefficient (Wildman–Crippen LogP) is 0.866. The second-order valence-electron chi connectivity index (χ2n) is 8.72. The highest BCUT2D eigenvalue weighted by Gasteiger charge is 2.44. The quantitative estimate of drug-likeness (QED) is 0.141. The molecule has 0 saturated heterocycles. The fourth-order valence-corrected chi connectivity index (χ4v) is 3.30. The van der Waals surface area contributed by atoms with Crippen molar-refractivity contribution in [2.45, 2.75) is 70.6 Å². The summed E-state index contributed by atoms with van der Waals surface area (Å²) in [6, 6.07) is 8.37. The topological polar surface area (TPSA) is 176 Å². The number of carbonyl (C=O) groups excluding carboxylic acids is 5. The number of hydrogen-bond acceptors (Lipinski definition) is 11. The van der Waals surface area contributed by atoms with E-state index < -0.39 is 73.1 Å². The third-order valence-corrected chi connectivity index (χ3v) is 5.06. The molecule has 0 aliphatic rings. The van der Waals surface area contributed by atoms with Crippen molar-refractivity contribution in [3.05, 3.63) is 35.9 Å². The fraction of sp³-hybridized carbons (Fsp3) is 0.560. The van der Waals surface area contributed by atoms with Crippen LogP contribution >= 0.6 is 0 Å². The molecular formula is C25H33F3N2O11. The summed E-state index contributed by atoms with van der Waals surface area (Å²) in [5.74, 6) is -8.96. The summed E-state index contributed by atoms with van der Waals surface area (Å²) in [7, 11) is 1.06. The maximum absolute atomic E-state index is 13.0. The molecule has 16 heteroatoms. The van der Waals surface area contributed by atoms with E-state index in [-0.39, 0.29) is 19.6 Å². The van der Waals surface area contributed by atoms with Gasteiger partial charge < -0.3 is 39.4 Å². The zero-order valence-corrected chi connectivity index (χ0v) is 22.8. The first-order valence-electron chi connectivity index (χ1n) is 12.1. The number of ether oxygens (including phenoxy) is 5. The number of rotatable bonds is 16. The number of hydrogen-bond donors (Lipinski definition) is 3. The van der Waals surface area contributed by atoms with Crippen LogP contribution in [0.25, 0.3) is 0 Å². The molecule has 0 spiro atoms. The van der Waals surface area contributed by atoms with Gasteiger partial charge in [-0.05, 0) is 12.5 Å². The van der Waals surface area contributed by atoms with Crippen molar-refractivity contribution in [2.75, 3.05) is 20.3 Å². The molecule has 2 amide bonds. The lowest BCUT2D eigenvalue weighted by atomic mass is 10.1. The fourth-order valence-electron chi connectivity index (χ4n) is 3.30. The van der Waals surface area contributed by atoms with Gasteiger partial charge in [-0.2, -0.15) is 13.2 Å². The lowest BCUT2D eigenvalue weighted by molar-refractivity contribution is -0.256. The third-order valence-electron chi connectivity index (χ3n) is 5.06. The maximum Gasteiger partial charge on any atom is 0.471 e. The molecular weight excluding hydrogens is 561 g/mol. The molecule has 41 heavy (non-hydrogen) atoms. The molecule has 1 aromatic carbocycles. The summed E-state index contributed by atoms with van der Waals surface area (Å²) >= 11 is 0. The molecule has 0 aromatic heterocycles. The highest BCUT2D eigenvalue weighted by molar-refractivity contribution is 5.87. The number of alkyl halides is 3. The van der Waals surface area contributed by atoms with Crippen molar-refractivity contribution in [2.24, 2.45) is 0 Å². The summed E-state index contributed by atoms with van der Waals surface area (Å²) in [5.41, 5.74) is 0.560. The van der Waals surface area contributed by atoms with Gasteiger partial charge in [0.25, 0.3) is 5.79 Å².